The molecule has 0 aromatic carbocycles. The number of hydrogen-bond donors (Lipinski definition) is 0. The summed E-state index contributed by atoms with van der Waals surface area (Å²) in [6.07, 6.45) is 3.83. The topological polar surface area (TPSA) is 39.4 Å². The van der Waals surface area contributed by atoms with E-state index in [9.17, 15) is 4.79 Å². The van der Waals surface area contributed by atoms with Crippen molar-refractivity contribution < 1.29 is 13.9 Å². The van der Waals surface area contributed by atoms with Crippen LogP contribution < -0.4 is 0 Å². The Hall–Kier alpha value is -1.09. The summed E-state index contributed by atoms with van der Waals surface area (Å²) < 4.78 is 10.3. The number of aryl methyl sites for hydroxylation is 2. The number of methoxy groups -OCH3 is 1. The Bertz CT molecular complexity index is 315. The van der Waals surface area contributed by atoms with Crippen LogP contribution in [0.3, 0.4) is 0 Å². The maximum atomic E-state index is 11.4. The Morgan fingerprint density at radius 2 is 2.06 bits per heavy atom. The van der Waals surface area contributed by atoms with Crippen LogP contribution in [0.2, 0.25) is 0 Å². The summed E-state index contributed by atoms with van der Waals surface area (Å²) in [5, 5.41) is 0. The van der Waals surface area contributed by atoms with Gasteiger partial charge in [-0.15, -0.1) is 0 Å². The van der Waals surface area contributed by atoms with E-state index >= 15 is 0 Å². The predicted octanol–water partition coefficient (Wildman–Crippen LogP) is 2.91. The fourth-order valence-corrected chi connectivity index (χ4v) is 1.62. The molecule has 0 aliphatic carbocycles. The Balaban J connectivity index is 2.08. The molecular formula is C13H20O3. The first-order chi connectivity index (χ1) is 7.72. The van der Waals surface area contributed by atoms with Crippen LogP contribution >= 0.6 is 0 Å². The molecule has 1 heterocycles. The van der Waals surface area contributed by atoms with Gasteiger partial charge in [-0.2, -0.15) is 0 Å². The molecule has 0 spiro atoms. The van der Waals surface area contributed by atoms with Crippen molar-refractivity contribution in [2.75, 3.05) is 13.7 Å². The van der Waals surface area contributed by atoms with Gasteiger partial charge in [-0.05, 0) is 31.9 Å². The Morgan fingerprint density at radius 3 is 2.69 bits per heavy atom. The van der Waals surface area contributed by atoms with Gasteiger partial charge in [-0.25, -0.2) is 0 Å². The molecule has 0 bridgehead atoms. The van der Waals surface area contributed by atoms with Crippen LogP contribution in [-0.2, 0) is 16.0 Å². The quantitative estimate of drug-likeness (QED) is 0.637. The standard InChI is InChI=1S/C13H20O3/c1-11-8-9-13(16-11)7-3-5-12(14)6-4-10-15-2/h8-9H,3-7,10H2,1-2H3. The van der Waals surface area contributed by atoms with Crippen LogP contribution in [0.1, 0.15) is 37.2 Å². The van der Waals surface area contributed by atoms with Gasteiger partial charge in [0.25, 0.3) is 0 Å². The zero-order chi connectivity index (χ0) is 11.8. The summed E-state index contributed by atoms with van der Waals surface area (Å²) in [6.45, 7) is 2.60. The zero-order valence-corrected chi connectivity index (χ0v) is 10.1. The predicted molar refractivity (Wildman–Crippen MR) is 62.5 cm³/mol. The minimum Gasteiger partial charge on any atom is -0.466 e. The highest BCUT2D eigenvalue weighted by Crippen LogP contribution is 2.10. The van der Waals surface area contributed by atoms with Gasteiger partial charge in [-0.1, -0.05) is 0 Å². The molecular weight excluding hydrogens is 204 g/mol. The van der Waals surface area contributed by atoms with Crippen molar-refractivity contribution in [3.05, 3.63) is 23.7 Å². The van der Waals surface area contributed by atoms with Crippen molar-refractivity contribution in [3.63, 3.8) is 0 Å². The number of ketones is 1. The number of carbonyl (C=O) groups is 1. The van der Waals surface area contributed by atoms with Gasteiger partial charge < -0.3 is 9.15 Å². The van der Waals surface area contributed by atoms with Gasteiger partial charge in [-0.3, -0.25) is 4.79 Å². The number of carbonyl (C=O) groups excluding carboxylic acids is 1. The molecule has 0 saturated heterocycles. The third-order valence-corrected chi connectivity index (χ3v) is 2.48. The summed E-state index contributed by atoms with van der Waals surface area (Å²) in [7, 11) is 1.66. The van der Waals surface area contributed by atoms with Crippen molar-refractivity contribution in [1.82, 2.24) is 0 Å². The minimum atomic E-state index is 0.320. The largest absolute Gasteiger partial charge is 0.466 e. The van der Waals surface area contributed by atoms with Gasteiger partial charge in [0, 0.05) is 33.0 Å². The molecule has 90 valence electrons. The van der Waals surface area contributed by atoms with Crippen LogP contribution in [0.25, 0.3) is 0 Å². The second-order valence-corrected chi connectivity index (χ2v) is 4.00. The summed E-state index contributed by atoms with van der Waals surface area (Å²) in [5.74, 6) is 2.23. The molecule has 0 aliphatic rings. The summed E-state index contributed by atoms with van der Waals surface area (Å²) in [6, 6.07) is 3.93. The lowest BCUT2D eigenvalue weighted by atomic mass is 10.1. The first kappa shape index (κ1) is 13.0. The maximum Gasteiger partial charge on any atom is 0.133 e. The molecule has 0 N–H and O–H groups in total. The van der Waals surface area contributed by atoms with Crippen molar-refractivity contribution in [2.45, 2.75) is 39.0 Å². The van der Waals surface area contributed by atoms with Crippen LogP contribution in [0.4, 0.5) is 0 Å². The molecule has 3 heteroatoms. The van der Waals surface area contributed by atoms with Crippen molar-refractivity contribution in [2.24, 2.45) is 0 Å². The summed E-state index contributed by atoms with van der Waals surface area (Å²) in [4.78, 5) is 11.4. The summed E-state index contributed by atoms with van der Waals surface area (Å²) in [5.41, 5.74) is 0. The normalized spacial score (nSPS) is 10.6. The van der Waals surface area contributed by atoms with E-state index in [0.717, 1.165) is 30.8 Å². The highest BCUT2D eigenvalue weighted by Gasteiger charge is 2.03. The molecule has 1 rings (SSSR count). The van der Waals surface area contributed by atoms with Crippen LogP contribution in [-0.4, -0.2) is 19.5 Å². The zero-order valence-electron chi connectivity index (χ0n) is 10.1. The smallest absolute Gasteiger partial charge is 0.133 e. The van der Waals surface area contributed by atoms with E-state index in [4.69, 9.17) is 9.15 Å². The van der Waals surface area contributed by atoms with Crippen molar-refractivity contribution in [1.29, 1.82) is 0 Å². The molecule has 1 aromatic heterocycles. The Kier molecular flexibility index (Phi) is 5.86. The van der Waals surface area contributed by atoms with Gasteiger partial charge >= 0.3 is 0 Å². The van der Waals surface area contributed by atoms with Gasteiger partial charge in [0.15, 0.2) is 0 Å². The van der Waals surface area contributed by atoms with E-state index in [1.54, 1.807) is 7.11 Å². The third kappa shape index (κ3) is 5.12. The van der Waals surface area contributed by atoms with Crippen LogP contribution in [0.5, 0.6) is 0 Å². The third-order valence-electron chi connectivity index (χ3n) is 2.48. The molecule has 0 radical (unpaired) electrons. The molecule has 1 aromatic rings. The fourth-order valence-electron chi connectivity index (χ4n) is 1.62. The van der Waals surface area contributed by atoms with Crippen LogP contribution in [0.15, 0.2) is 16.5 Å². The number of rotatable bonds is 8. The van der Waals surface area contributed by atoms with Gasteiger partial charge in [0.1, 0.15) is 17.3 Å². The second kappa shape index (κ2) is 7.23. The lowest BCUT2D eigenvalue weighted by Crippen LogP contribution is -2.00. The average molecular weight is 224 g/mol. The number of hydrogen-bond acceptors (Lipinski definition) is 3. The molecule has 0 saturated carbocycles. The Morgan fingerprint density at radius 1 is 1.31 bits per heavy atom. The number of Topliss-reactive ketones (excluding diaryl/α,β-unsaturated/α-hetero) is 1. The Labute approximate surface area is 96.8 Å². The average Bonchev–Trinajstić information content (AvgIpc) is 2.65. The molecule has 16 heavy (non-hydrogen) atoms. The molecule has 0 aliphatic heterocycles. The lowest BCUT2D eigenvalue weighted by molar-refractivity contribution is -0.119. The molecule has 0 unspecified atom stereocenters. The van der Waals surface area contributed by atoms with E-state index < -0.39 is 0 Å². The highest BCUT2D eigenvalue weighted by atomic mass is 16.5. The SMILES string of the molecule is COCCCC(=O)CCCc1ccc(C)o1. The van der Waals surface area contributed by atoms with E-state index in [0.29, 0.717) is 25.2 Å². The fraction of sp³-hybridized carbons (Fsp3) is 0.615. The van der Waals surface area contributed by atoms with Gasteiger partial charge in [0.2, 0.25) is 0 Å². The number of ether oxygens (including phenoxy) is 1. The van der Waals surface area contributed by atoms with E-state index in [1.807, 2.05) is 19.1 Å². The first-order valence-electron chi connectivity index (χ1n) is 5.78. The van der Waals surface area contributed by atoms with E-state index in [1.165, 1.54) is 0 Å². The summed E-state index contributed by atoms with van der Waals surface area (Å²) >= 11 is 0. The highest BCUT2D eigenvalue weighted by molar-refractivity contribution is 5.78. The van der Waals surface area contributed by atoms with Crippen molar-refractivity contribution >= 4 is 5.78 Å². The molecule has 3 nitrogen and oxygen atoms in total. The first-order valence-corrected chi connectivity index (χ1v) is 5.78. The van der Waals surface area contributed by atoms with Gasteiger partial charge in [0.05, 0.1) is 0 Å². The number of furan rings is 1. The van der Waals surface area contributed by atoms with Crippen molar-refractivity contribution in [3.8, 4) is 0 Å². The van der Waals surface area contributed by atoms with E-state index in [2.05, 4.69) is 0 Å². The maximum absolute atomic E-state index is 11.4. The second-order valence-electron chi connectivity index (χ2n) is 4.00. The monoisotopic (exact) mass is 224 g/mol. The lowest BCUT2D eigenvalue weighted by Gasteiger charge is -2.00. The minimum absolute atomic E-state index is 0.320. The van der Waals surface area contributed by atoms with E-state index in [-0.39, 0.29) is 0 Å². The molecule has 0 amide bonds. The molecule has 0 atom stereocenters. The van der Waals surface area contributed by atoms with Crippen LogP contribution in [0, 0.1) is 6.92 Å². The molecule has 0 fully saturated rings.